The number of benzene rings is 1. The van der Waals surface area contributed by atoms with E-state index in [0.29, 0.717) is 21.5 Å². The van der Waals surface area contributed by atoms with Crippen LogP contribution in [0.4, 0.5) is 10.6 Å². The largest absolute Gasteiger partial charge is 0.492 e. The number of rotatable bonds is 24. The molecule has 5 heterocycles. The molecule has 2 aromatic rings. The van der Waals surface area contributed by atoms with Crippen molar-refractivity contribution in [2.24, 2.45) is 0 Å². The van der Waals surface area contributed by atoms with Gasteiger partial charge in [0, 0.05) is 61.3 Å². The fourth-order valence-corrected chi connectivity index (χ4v) is 15.7. The quantitative estimate of drug-likeness (QED) is 0.0230. The van der Waals surface area contributed by atoms with E-state index >= 15 is 0 Å². The lowest BCUT2D eigenvalue weighted by molar-refractivity contribution is -0.336. The third kappa shape index (κ3) is 18.1. The van der Waals surface area contributed by atoms with Crippen LogP contribution in [-0.4, -0.2) is 217 Å². The molecule has 26 nitrogen and oxygen atoms in total. The van der Waals surface area contributed by atoms with Gasteiger partial charge in [0.1, 0.15) is 42.4 Å². The molecule has 30 heteroatoms. The van der Waals surface area contributed by atoms with E-state index in [1.165, 1.54) is 62.0 Å². The first-order valence-corrected chi connectivity index (χ1v) is 34.3. The van der Waals surface area contributed by atoms with Crippen LogP contribution in [-0.2, 0) is 57.0 Å². The maximum Gasteiger partial charge on any atom is 0.411 e. The number of pyridine rings is 1. The lowest BCUT2D eigenvalue weighted by atomic mass is 9.76. The van der Waals surface area contributed by atoms with Crippen molar-refractivity contribution in [1.29, 1.82) is 0 Å². The fraction of sp³-hybridized carbons (Fsp3) is 0.619. The molecule has 514 valence electrons. The van der Waals surface area contributed by atoms with Gasteiger partial charge >= 0.3 is 6.09 Å². The van der Waals surface area contributed by atoms with E-state index in [4.69, 9.17) is 73.8 Å². The van der Waals surface area contributed by atoms with Crippen molar-refractivity contribution in [3.05, 3.63) is 73.7 Å². The lowest BCUT2D eigenvalue weighted by Gasteiger charge is -2.46. The summed E-state index contributed by atoms with van der Waals surface area (Å²) in [5.74, 6) is 8.34. The number of hydrogen-bond donors (Lipinski definition) is 9. The first kappa shape index (κ1) is 76.0. The van der Waals surface area contributed by atoms with Crippen LogP contribution in [0.2, 0.25) is 0 Å². The summed E-state index contributed by atoms with van der Waals surface area (Å²) in [5.41, 5.74) is 8.52. The molecule has 1 amide bonds. The highest BCUT2D eigenvalue weighted by Gasteiger charge is 2.52. The van der Waals surface area contributed by atoms with Crippen molar-refractivity contribution < 1.29 is 102 Å². The number of aliphatic hydroxyl groups is 5. The number of alkyl carbamates (subject to hydrolysis) is 1. The van der Waals surface area contributed by atoms with Crippen LogP contribution < -0.4 is 36.1 Å². The van der Waals surface area contributed by atoms with Crippen LogP contribution in [0.5, 0.6) is 17.2 Å². The highest BCUT2D eigenvalue weighted by atomic mass is 127. The molecule has 10 N–H and O–H groups in total. The molecule has 93 heavy (non-hydrogen) atoms. The second-order valence-electron chi connectivity index (χ2n) is 23.2. The normalized spacial score (nSPS) is 32.5. The molecule has 1 aliphatic carbocycles. The molecule has 0 spiro atoms. The van der Waals surface area contributed by atoms with Gasteiger partial charge < -0.3 is 93.4 Å². The average Bonchev–Trinajstić information content (AvgIpc) is 0.776. The summed E-state index contributed by atoms with van der Waals surface area (Å²) in [6, 6.07) is 2.36. The van der Waals surface area contributed by atoms with Crippen molar-refractivity contribution in [2.75, 3.05) is 60.2 Å². The van der Waals surface area contributed by atoms with E-state index in [9.17, 15) is 39.9 Å². The van der Waals surface area contributed by atoms with Crippen molar-refractivity contribution in [2.45, 2.75) is 195 Å². The molecule has 1 aromatic carbocycles. The summed E-state index contributed by atoms with van der Waals surface area (Å²) in [5, 5.41) is 63.0. The number of carbonyl (C=O) groups is 3. The number of thioether (sulfide) groups is 1. The zero-order chi connectivity index (χ0) is 68.2. The van der Waals surface area contributed by atoms with Crippen LogP contribution in [0.3, 0.4) is 0 Å². The number of nitrogens with zero attached hydrogens (tertiary/aromatic N) is 1. The number of anilines is 1. The summed E-state index contributed by atoms with van der Waals surface area (Å²) in [6.07, 6.45) is -7.28. The first-order valence-electron chi connectivity index (χ1n) is 30.0. The van der Waals surface area contributed by atoms with Crippen LogP contribution in [0, 0.1) is 34.7 Å². The van der Waals surface area contributed by atoms with Crippen LogP contribution in [0.1, 0.15) is 89.2 Å². The Kier molecular flexibility index (Phi) is 28.0. The molecule has 19 atom stereocenters. The van der Waals surface area contributed by atoms with E-state index in [1.807, 2.05) is 49.4 Å². The molecule has 4 aliphatic heterocycles. The Bertz CT molecular complexity index is 3130. The molecule has 0 saturated carbocycles. The summed E-state index contributed by atoms with van der Waals surface area (Å²) in [4.78, 5) is 52.3. The predicted octanol–water partition coefficient (Wildman–Crippen LogP) is 4.47. The van der Waals surface area contributed by atoms with E-state index < -0.39 is 137 Å². The van der Waals surface area contributed by atoms with Gasteiger partial charge in [-0.05, 0) is 107 Å². The van der Waals surface area contributed by atoms with Gasteiger partial charge in [0.25, 0.3) is 0 Å². The SMILES string of the molecule is C#C/C=C\C#C[C@H](O[C@@H]1O[C@H](C)[C@@H](NO[C@H]2C[C@H](O)[C@H](SC(=O)c3c(C)c(I)c(O[C@@H]4O[C@@H](C)[C@H](O)[C@@H](OC)[C@H]4O)c(OC)c3OC)[C@@H](C)O2)[C@H](O)[C@H]1O[C@H]1C[C@H](OC)[C@@H](NCC)CO1)C1=C(NC(=O)OC)C(=O)C[C@](C)(O)/C1=C/CSSC(C)(C)c1cccnc1N. The summed E-state index contributed by atoms with van der Waals surface area (Å²) >= 11 is 2.81. The van der Waals surface area contributed by atoms with E-state index in [-0.39, 0.29) is 70.9 Å². The fourth-order valence-electron chi connectivity index (χ4n) is 11.5. The minimum atomic E-state index is -1.86. The van der Waals surface area contributed by atoms with Gasteiger partial charge in [0.15, 0.2) is 36.2 Å². The number of likely N-dealkylation sites (N-methyl/N-ethyl adjacent to an activating group) is 1. The topological polar surface area (TPSA) is 347 Å². The minimum Gasteiger partial charge on any atom is -0.492 e. The summed E-state index contributed by atoms with van der Waals surface area (Å²) in [7, 11) is 9.69. The highest BCUT2D eigenvalue weighted by Crippen LogP contribution is 2.50. The standard InChI is InChI=1S/C63H86IN5O21S3/c1-15-17-18-19-22-39(44-34(63(9,77)28-38(71)47(44)68-61(76)82-14)23-25-91-93-62(7,8)35-21-20-24-67-57(35)65)87-60-54(88-41-27-40(78-10)36(29-83-41)66-16-2)49(73)46(31(4)85-60)69-90-42-26-37(70)56(33(6)84-42)92-58(75)43-30(3)45(64)52(55(81-13)51(43)79-11)89-59-50(74)53(80-12)48(72)32(5)86-59/h1,17-18,20-21,23-24,31-33,36-37,39-42,46,48-50,53-54,56,59-60,66,69-70,72-74,77H,16,25-29H2,2-14H3,(H2,65,67)(H,68,76)/b18-17-,34-23+/t31-,32+,33-,36+,37+,39+,40+,41+,42+,46-,48+,49+,50-,53-,54-,56-,59+,60+,63+/m1/s1. The molecular weight excluding hydrogens is 1390 g/mol. The monoisotopic (exact) mass is 1470 g/mol. The number of nitrogens with two attached hydrogens (primary N) is 1. The number of ketones is 1. The zero-order valence-corrected chi connectivity index (χ0v) is 58.7. The van der Waals surface area contributed by atoms with Crippen molar-refractivity contribution in [3.8, 4) is 41.4 Å². The predicted molar refractivity (Wildman–Crippen MR) is 355 cm³/mol. The van der Waals surface area contributed by atoms with Gasteiger partial charge in [-0.15, -0.1) is 6.42 Å². The Morgan fingerprint density at radius 2 is 1.68 bits per heavy atom. The van der Waals surface area contributed by atoms with Crippen LogP contribution in [0.15, 0.2) is 53.4 Å². The van der Waals surface area contributed by atoms with E-state index in [1.54, 1.807) is 53.1 Å². The number of hydrogen-bond acceptors (Lipinski definition) is 28. The van der Waals surface area contributed by atoms with Gasteiger partial charge in [-0.2, -0.15) is 5.48 Å². The van der Waals surface area contributed by atoms with Crippen molar-refractivity contribution >= 4 is 78.8 Å². The van der Waals surface area contributed by atoms with E-state index in [2.05, 4.69) is 38.9 Å². The number of terminal acetylenes is 1. The highest BCUT2D eigenvalue weighted by molar-refractivity contribution is 14.1. The van der Waals surface area contributed by atoms with Gasteiger partial charge in [-0.25, -0.2) is 9.78 Å². The smallest absolute Gasteiger partial charge is 0.411 e. The van der Waals surface area contributed by atoms with Gasteiger partial charge in [0.2, 0.25) is 17.2 Å². The molecule has 7 rings (SSSR count). The molecule has 0 unspecified atom stereocenters. The number of methoxy groups -OCH3 is 5. The number of aliphatic hydroxyl groups excluding tert-OH is 4. The van der Waals surface area contributed by atoms with E-state index in [0.717, 1.165) is 24.4 Å². The van der Waals surface area contributed by atoms with Crippen molar-refractivity contribution in [1.82, 2.24) is 21.1 Å². The third-order valence-electron chi connectivity index (χ3n) is 16.4. The molecule has 0 radical (unpaired) electrons. The number of nitrogen functional groups attached to an aromatic ring is 1. The Hall–Kier alpha value is -4.34. The number of allylic oxidation sites excluding steroid dienone is 3. The zero-order valence-electron chi connectivity index (χ0n) is 54.1. The number of aromatic nitrogens is 1. The number of nitrogens with one attached hydrogen (secondary N) is 3. The molecule has 5 aliphatic rings. The minimum absolute atomic E-state index is 0.0167. The Morgan fingerprint density at radius 1 is 0.957 bits per heavy atom. The van der Waals surface area contributed by atoms with Gasteiger partial charge in [-0.1, -0.05) is 70.2 Å². The number of carbonyl (C=O) groups excluding carboxylic acids is 3. The van der Waals surface area contributed by atoms with Crippen molar-refractivity contribution in [3.63, 3.8) is 0 Å². The van der Waals surface area contributed by atoms with Crippen LogP contribution in [0.25, 0.3) is 0 Å². The molecule has 4 fully saturated rings. The Morgan fingerprint density at radius 3 is 2.32 bits per heavy atom. The second-order valence-corrected chi connectivity index (χ2v) is 28.4. The maximum atomic E-state index is 14.5. The van der Waals surface area contributed by atoms with Gasteiger partial charge in [0.05, 0.1) is 96.2 Å². The molecular formula is C63H86IN5O21S3. The third-order valence-corrected chi connectivity index (χ3v) is 22.1. The van der Waals surface area contributed by atoms with Crippen LogP contribution >= 0.6 is 55.9 Å². The number of hydroxylamine groups is 1. The number of ether oxygens (including phenoxy) is 12. The summed E-state index contributed by atoms with van der Waals surface area (Å²) in [6.45, 7) is 14.8. The Balaban J connectivity index is 1.15. The maximum absolute atomic E-state index is 14.5. The number of Topliss-reactive ketones (excluding diaryl/α,β-unsaturated/α-hetero) is 1. The Labute approximate surface area is 567 Å². The number of amides is 1. The lowest BCUT2D eigenvalue weighted by Crippen LogP contribution is -2.65. The molecule has 1 aromatic heterocycles. The second kappa shape index (κ2) is 34.2. The molecule has 0 bridgehead atoms. The molecule has 4 saturated heterocycles. The number of halogens is 1. The average molecular weight is 1470 g/mol. The summed E-state index contributed by atoms with van der Waals surface area (Å²) < 4.78 is 72.4. The van der Waals surface area contributed by atoms with Gasteiger partial charge in [-0.3, -0.25) is 19.7 Å². The first-order chi connectivity index (χ1) is 44.2.